The molecule has 0 spiro atoms. The van der Waals surface area contributed by atoms with E-state index in [4.69, 9.17) is 11.6 Å². The van der Waals surface area contributed by atoms with Gasteiger partial charge in [0.25, 0.3) is 10.0 Å². The van der Waals surface area contributed by atoms with Crippen molar-refractivity contribution in [2.45, 2.75) is 24.5 Å². The van der Waals surface area contributed by atoms with E-state index in [1.165, 1.54) is 32.2 Å². The molecule has 6 nitrogen and oxygen atoms in total. The fraction of sp³-hybridized carbons (Fsp3) is 0.182. The standard InChI is InChI=1S/C22H18ClF3N2O4S/c1-14-10-17(8-9-18(14)21(29)32-2)33(30,31)28(13-15-6-4-3-5-7-15)20-19(23)11-16(12-27-20)22(24,25)26/h3-12H,13H2,1-2H3. The van der Waals surface area contributed by atoms with Gasteiger partial charge in [-0.2, -0.15) is 13.2 Å². The monoisotopic (exact) mass is 498 g/mol. The number of anilines is 1. The Balaban J connectivity index is 2.14. The number of ether oxygens (including phenoxy) is 1. The fourth-order valence-corrected chi connectivity index (χ4v) is 4.89. The second-order valence-electron chi connectivity index (χ2n) is 6.99. The highest BCUT2D eigenvalue weighted by atomic mass is 35.5. The average molecular weight is 499 g/mol. The van der Waals surface area contributed by atoms with Crippen molar-refractivity contribution in [1.82, 2.24) is 4.98 Å². The van der Waals surface area contributed by atoms with Crippen LogP contribution in [0.3, 0.4) is 0 Å². The summed E-state index contributed by atoms with van der Waals surface area (Å²) in [6.07, 6.45) is -4.17. The molecule has 0 atom stereocenters. The number of benzene rings is 2. The molecule has 0 aliphatic carbocycles. The Morgan fingerprint density at radius 1 is 1.12 bits per heavy atom. The number of alkyl halides is 3. The zero-order valence-corrected chi connectivity index (χ0v) is 19.0. The number of carbonyl (C=O) groups excluding carboxylic acids is 1. The molecule has 0 aliphatic heterocycles. The first-order chi connectivity index (χ1) is 15.4. The van der Waals surface area contributed by atoms with E-state index in [1.807, 2.05) is 0 Å². The number of pyridine rings is 1. The third-order valence-corrected chi connectivity index (χ3v) is 6.76. The Bertz CT molecular complexity index is 1280. The summed E-state index contributed by atoms with van der Waals surface area (Å²) in [5, 5.41) is -0.479. The van der Waals surface area contributed by atoms with Crippen LogP contribution in [0, 0.1) is 6.92 Å². The molecule has 0 saturated heterocycles. The summed E-state index contributed by atoms with van der Waals surface area (Å²) in [6.45, 7) is 1.30. The number of carbonyl (C=O) groups is 1. The molecule has 3 rings (SSSR count). The Hall–Kier alpha value is -3.11. The Morgan fingerprint density at radius 2 is 1.79 bits per heavy atom. The molecule has 3 aromatic rings. The van der Waals surface area contributed by atoms with E-state index in [1.54, 1.807) is 30.3 Å². The zero-order chi connectivity index (χ0) is 24.4. The highest BCUT2D eigenvalue weighted by Gasteiger charge is 2.34. The summed E-state index contributed by atoms with van der Waals surface area (Å²) < 4.78 is 71.8. The maximum absolute atomic E-state index is 13.6. The topological polar surface area (TPSA) is 76.6 Å². The number of rotatable bonds is 6. The van der Waals surface area contributed by atoms with Gasteiger partial charge >= 0.3 is 12.1 Å². The molecule has 1 aromatic heterocycles. The van der Waals surface area contributed by atoms with Crippen LogP contribution >= 0.6 is 11.6 Å². The number of nitrogens with zero attached hydrogens (tertiary/aromatic N) is 2. The lowest BCUT2D eigenvalue weighted by molar-refractivity contribution is -0.137. The molecule has 0 bridgehead atoms. The van der Waals surface area contributed by atoms with Crippen LogP contribution in [0.1, 0.15) is 27.0 Å². The SMILES string of the molecule is COC(=O)c1ccc(S(=O)(=O)N(Cc2ccccc2)c2ncc(C(F)(F)F)cc2Cl)cc1C. The first kappa shape index (κ1) is 24.5. The lowest BCUT2D eigenvalue weighted by Crippen LogP contribution is -2.32. The summed E-state index contributed by atoms with van der Waals surface area (Å²) in [7, 11) is -3.14. The van der Waals surface area contributed by atoms with E-state index in [0.29, 0.717) is 23.4 Å². The van der Waals surface area contributed by atoms with Gasteiger partial charge in [-0.15, -0.1) is 0 Å². The molecule has 11 heteroatoms. The molecule has 0 saturated carbocycles. The molecule has 0 fully saturated rings. The average Bonchev–Trinajstić information content (AvgIpc) is 2.77. The molecule has 1 heterocycles. The van der Waals surface area contributed by atoms with Crippen molar-refractivity contribution in [3.63, 3.8) is 0 Å². The lowest BCUT2D eigenvalue weighted by atomic mass is 10.1. The minimum atomic E-state index is -4.70. The number of aromatic nitrogens is 1. The van der Waals surface area contributed by atoms with Gasteiger partial charge < -0.3 is 4.74 Å². The van der Waals surface area contributed by atoms with Gasteiger partial charge in [0.15, 0.2) is 5.82 Å². The van der Waals surface area contributed by atoms with Gasteiger partial charge in [0.2, 0.25) is 0 Å². The fourth-order valence-electron chi connectivity index (χ4n) is 3.06. The lowest BCUT2D eigenvalue weighted by Gasteiger charge is -2.25. The van der Waals surface area contributed by atoms with Crippen molar-refractivity contribution in [3.8, 4) is 0 Å². The third kappa shape index (κ3) is 5.28. The summed E-state index contributed by atoms with van der Waals surface area (Å²) in [5.41, 5.74) is -0.0286. The number of aryl methyl sites for hydroxylation is 1. The second kappa shape index (κ2) is 9.40. The molecule has 174 valence electrons. The van der Waals surface area contributed by atoms with Crippen LogP contribution in [0.5, 0.6) is 0 Å². The highest BCUT2D eigenvalue weighted by Crippen LogP contribution is 2.36. The van der Waals surface area contributed by atoms with Crippen LogP contribution in [0.4, 0.5) is 19.0 Å². The number of hydrogen-bond donors (Lipinski definition) is 0. The molecule has 0 N–H and O–H groups in total. The van der Waals surface area contributed by atoms with Gasteiger partial charge in [-0.1, -0.05) is 41.9 Å². The number of sulfonamides is 1. The first-order valence-corrected chi connectivity index (χ1v) is 11.3. The van der Waals surface area contributed by atoms with Crippen molar-refractivity contribution in [2.75, 3.05) is 11.4 Å². The number of esters is 1. The van der Waals surface area contributed by atoms with E-state index in [2.05, 4.69) is 9.72 Å². The van der Waals surface area contributed by atoms with Crippen molar-refractivity contribution < 1.29 is 31.1 Å². The molecule has 33 heavy (non-hydrogen) atoms. The summed E-state index contributed by atoms with van der Waals surface area (Å²) in [4.78, 5) is 15.4. The maximum Gasteiger partial charge on any atom is 0.417 e. The number of methoxy groups -OCH3 is 1. The molecular weight excluding hydrogens is 481 g/mol. The first-order valence-electron chi connectivity index (χ1n) is 9.43. The van der Waals surface area contributed by atoms with Crippen molar-refractivity contribution in [1.29, 1.82) is 0 Å². The molecule has 0 amide bonds. The van der Waals surface area contributed by atoms with Crippen LogP contribution in [-0.4, -0.2) is 26.5 Å². The van der Waals surface area contributed by atoms with Gasteiger partial charge in [0.05, 0.1) is 34.7 Å². The highest BCUT2D eigenvalue weighted by molar-refractivity contribution is 7.92. The van der Waals surface area contributed by atoms with E-state index < -0.39 is 32.8 Å². The van der Waals surface area contributed by atoms with Crippen LogP contribution in [0.2, 0.25) is 5.02 Å². The minimum absolute atomic E-state index is 0.178. The van der Waals surface area contributed by atoms with Crippen molar-refractivity contribution in [3.05, 3.63) is 88.1 Å². The van der Waals surface area contributed by atoms with Crippen molar-refractivity contribution >= 4 is 33.4 Å². The summed E-state index contributed by atoms with van der Waals surface area (Å²) >= 11 is 6.08. The van der Waals surface area contributed by atoms with E-state index in [0.717, 1.165) is 4.31 Å². The molecule has 0 aliphatic rings. The minimum Gasteiger partial charge on any atom is -0.465 e. The molecular formula is C22H18ClF3N2O4S. The van der Waals surface area contributed by atoms with Gasteiger partial charge in [-0.05, 0) is 42.3 Å². The Kier molecular flexibility index (Phi) is 6.99. The van der Waals surface area contributed by atoms with E-state index in [9.17, 15) is 26.4 Å². The van der Waals surface area contributed by atoms with Crippen LogP contribution < -0.4 is 4.31 Å². The molecule has 0 unspecified atom stereocenters. The Labute approximate surface area is 193 Å². The summed E-state index contributed by atoms with van der Waals surface area (Å²) in [5.74, 6) is -0.992. The maximum atomic E-state index is 13.6. The predicted octanol–water partition coefficient (Wildman–Crippen LogP) is 5.24. The summed E-state index contributed by atoms with van der Waals surface area (Å²) in [6, 6.07) is 12.9. The van der Waals surface area contributed by atoms with E-state index in [-0.39, 0.29) is 22.8 Å². The predicted molar refractivity (Wildman–Crippen MR) is 117 cm³/mol. The largest absolute Gasteiger partial charge is 0.465 e. The second-order valence-corrected chi connectivity index (χ2v) is 9.26. The van der Waals surface area contributed by atoms with Gasteiger partial charge in [0.1, 0.15) is 0 Å². The molecule has 2 aromatic carbocycles. The number of halogens is 4. The van der Waals surface area contributed by atoms with E-state index >= 15 is 0 Å². The van der Waals surface area contributed by atoms with Gasteiger partial charge in [0, 0.05) is 6.20 Å². The third-order valence-electron chi connectivity index (χ3n) is 4.75. The van der Waals surface area contributed by atoms with Crippen LogP contribution in [-0.2, 0) is 27.5 Å². The molecule has 0 radical (unpaired) electrons. The quantitative estimate of drug-likeness (QED) is 0.434. The van der Waals surface area contributed by atoms with Gasteiger partial charge in [-0.25, -0.2) is 22.5 Å². The van der Waals surface area contributed by atoms with Crippen molar-refractivity contribution in [2.24, 2.45) is 0 Å². The smallest absolute Gasteiger partial charge is 0.417 e. The van der Waals surface area contributed by atoms with Crippen LogP contribution in [0.15, 0.2) is 65.7 Å². The zero-order valence-electron chi connectivity index (χ0n) is 17.4. The Morgan fingerprint density at radius 3 is 2.33 bits per heavy atom. The van der Waals surface area contributed by atoms with Crippen LogP contribution in [0.25, 0.3) is 0 Å². The van der Waals surface area contributed by atoms with Gasteiger partial charge in [-0.3, -0.25) is 0 Å². The number of hydrogen-bond acceptors (Lipinski definition) is 5. The normalized spacial score (nSPS) is 11.8.